The SMILES string of the molecule is Cc1ccc(-c2nc(CNc3ccc(OC(F)(F)F)cn3)co2)cc1. The Morgan fingerprint density at radius 1 is 1.12 bits per heavy atom. The summed E-state index contributed by atoms with van der Waals surface area (Å²) in [6.45, 7) is 2.31. The van der Waals surface area contributed by atoms with Gasteiger partial charge in [-0.3, -0.25) is 0 Å². The number of aromatic nitrogens is 2. The monoisotopic (exact) mass is 349 g/mol. The molecular formula is C17H14F3N3O2. The lowest BCUT2D eigenvalue weighted by molar-refractivity contribution is -0.274. The van der Waals surface area contributed by atoms with Gasteiger partial charge in [0.05, 0.1) is 18.4 Å². The standard InChI is InChI=1S/C17H14F3N3O2/c1-11-2-4-12(5-3-11)16-23-13(10-24-16)8-21-15-7-6-14(9-22-15)25-17(18,19)20/h2-7,9-10H,8H2,1H3,(H,21,22). The number of anilines is 1. The van der Waals surface area contributed by atoms with Crippen molar-refractivity contribution in [1.82, 2.24) is 9.97 Å². The second-order valence-corrected chi connectivity index (χ2v) is 5.29. The maximum Gasteiger partial charge on any atom is 0.573 e. The predicted molar refractivity (Wildman–Crippen MR) is 84.9 cm³/mol. The molecule has 0 fully saturated rings. The van der Waals surface area contributed by atoms with Crippen molar-refractivity contribution in [3.8, 4) is 17.2 Å². The number of nitrogens with one attached hydrogen (secondary N) is 1. The minimum atomic E-state index is -4.73. The maximum absolute atomic E-state index is 12.1. The molecule has 1 aromatic carbocycles. The zero-order valence-corrected chi connectivity index (χ0v) is 13.2. The van der Waals surface area contributed by atoms with E-state index in [1.807, 2.05) is 31.2 Å². The fraction of sp³-hybridized carbons (Fsp3) is 0.176. The second-order valence-electron chi connectivity index (χ2n) is 5.29. The van der Waals surface area contributed by atoms with Gasteiger partial charge in [0.15, 0.2) is 0 Å². The molecule has 1 N–H and O–H groups in total. The van der Waals surface area contributed by atoms with Crippen LogP contribution in [0.3, 0.4) is 0 Å². The van der Waals surface area contributed by atoms with E-state index in [2.05, 4.69) is 20.0 Å². The van der Waals surface area contributed by atoms with Crippen LogP contribution in [0.1, 0.15) is 11.3 Å². The third-order valence-electron chi connectivity index (χ3n) is 3.27. The van der Waals surface area contributed by atoms with Crippen molar-refractivity contribution >= 4 is 5.82 Å². The van der Waals surface area contributed by atoms with Gasteiger partial charge in [0, 0.05) is 5.56 Å². The van der Waals surface area contributed by atoms with Gasteiger partial charge in [0.1, 0.15) is 17.8 Å². The quantitative estimate of drug-likeness (QED) is 0.732. The van der Waals surface area contributed by atoms with Gasteiger partial charge in [0.25, 0.3) is 0 Å². The highest BCUT2D eigenvalue weighted by Gasteiger charge is 2.31. The Hall–Kier alpha value is -3.03. The average Bonchev–Trinajstić information content (AvgIpc) is 3.02. The van der Waals surface area contributed by atoms with E-state index in [1.165, 1.54) is 18.4 Å². The minimum Gasteiger partial charge on any atom is -0.444 e. The van der Waals surface area contributed by atoms with Crippen LogP contribution in [0.2, 0.25) is 0 Å². The lowest BCUT2D eigenvalue weighted by Crippen LogP contribution is -2.17. The Balaban J connectivity index is 1.59. The molecule has 0 aliphatic heterocycles. The van der Waals surface area contributed by atoms with E-state index in [9.17, 15) is 13.2 Å². The smallest absolute Gasteiger partial charge is 0.444 e. The van der Waals surface area contributed by atoms with Crippen LogP contribution in [0, 0.1) is 6.92 Å². The molecule has 2 aromatic heterocycles. The van der Waals surface area contributed by atoms with Crippen molar-refractivity contribution in [1.29, 1.82) is 0 Å². The number of alkyl halides is 3. The Labute approximate surface area is 141 Å². The molecule has 25 heavy (non-hydrogen) atoms. The van der Waals surface area contributed by atoms with Gasteiger partial charge in [-0.15, -0.1) is 13.2 Å². The first-order valence-corrected chi connectivity index (χ1v) is 7.36. The summed E-state index contributed by atoms with van der Waals surface area (Å²) in [5.74, 6) is 0.522. The summed E-state index contributed by atoms with van der Waals surface area (Å²) in [7, 11) is 0. The molecule has 2 heterocycles. The molecule has 0 aliphatic rings. The molecule has 0 saturated heterocycles. The number of benzene rings is 1. The summed E-state index contributed by atoms with van der Waals surface area (Å²) in [5, 5.41) is 2.95. The summed E-state index contributed by atoms with van der Waals surface area (Å²) < 4.78 is 45.5. The predicted octanol–water partition coefficient (Wildman–Crippen LogP) is 4.56. The molecule has 0 amide bonds. The summed E-state index contributed by atoms with van der Waals surface area (Å²) in [6, 6.07) is 10.3. The van der Waals surface area contributed by atoms with E-state index in [4.69, 9.17) is 4.42 Å². The Morgan fingerprint density at radius 2 is 1.88 bits per heavy atom. The molecule has 5 nitrogen and oxygen atoms in total. The van der Waals surface area contributed by atoms with Crippen molar-refractivity contribution in [2.45, 2.75) is 19.8 Å². The molecule has 0 bridgehead atoms. The molecule has 0 aliphatic carbocycles. The van der Waals surface area contributed by atoms with Crippen LogP contribution in [-0.2, 0) is 6.54 Å². The van der Waals surface area contributed by atoms with Crippen LogP contribution in [-0.4, -0.2) is 16.3 Å². The second kappa shape index (κ2) is 6.84. The molecule has 3 aromatic rings. The number of oxazole rings is 1. The van der Waals surface area contributed by atoms with Crippen molar-refractivity contribution in [3.63, 3.8) is 0 Å². The fourth-order valence-corrected chi connectivity index (χ4v) is 2.08. The third-order valence-corrected chi connectivity index (χ3v) is 3.27. The molecule has 0 atom stereocenters. The fourth-order valence-electron chi connectivity index (χ4n) is 2.08. The van der Waals surface area contributed by atoms with E-state index in [-0.39, 0.29) is 5.75 Å². The highest BCUT2D eigenvalue weighted by atomic mass is 19.4. The number of aryl methyl sites for hydroxylation is 1. The number of ether oxygens (including phenoxy) is 1. The van der Waals surface area contributed by atoms with Gasteiger partial charge in [-0.2, -0.15) is 0 Å². The molecule has 0 unspecified atom stereocenters. The molecule has 0 spiro atoms. The van der Waals surface area contributed by atoms with E-state index in [0.717, 1.165) is 17.3 Å². The van der Waals surface area contributed by atoms with Gasteiger partial charge >= 0.3 is 6.36 Å². The largest absolute Gasteiger partial charge is 0.573 e. The van der Waals surface area contributed by atoms with Gasteiger partial charge in [-0.05, 0) is 31.2 Å². The number of hydrogen-bond donors (Lipinski definition) is 1. The first-order chi connectivity index (χ1) is 11.9. The summed E-state index contributed by atoms with van der Waals surface area (Å²) in [5.41, 5.74) is 2.65. The van der Waals surface area contributed by atoms with E-state index in [0.29, 0.717) is 23.9 Å². The van der Waals surface area contributed by atoms with Crippen LogP contribution in [0.5, 0.6) is 5.75 Å². The Bertz CT molecular complexity index is 828. The van der Waals surface area contributed by atoms with Gasteiger partial charge < -0.3 is 14.5 Å². The van der Waals surface area contributed by atoms with Gasteiger partial charge in [-0.1, -0.05) is 17.7 Å². The molecule has 8 heteroatoms. The highest BCUT2D eigenvalue weighted by Crippen LogP contribution is 2.23. The number of halogens is 3. The summed E-state index contributed by atoms with van der Waals surface area (Å²) in [6.07, 6.45) is -2.22. The molecule has 0 radical (unpaired) electrons. The van der Waals surface area contributed by atoms with E-state index < -0.39 is 6.36 Å². The molecule has 130 valence electrons. The van der Waals surface area contributed by atoms with Crippen molar-refractivity contribution in [2.24, 2.45) is 0 Å². The zero-order valence-electron chi connectivity index (χ0n) is 13.2. The van der Waals surface area contributed by atoms with Gasteiger partial charge in [0.2, 0.25) is 5.89 Å². The van der Waals surface area contributed by atoms with Crippen molar-refractivity contribution in [2.75, 3.05) is 5.32 Å². The molecule has 0 saturated carbocycles. The van der Waals surface area contributed by atoms with E-state index >= 15 is 0 Å². The maximum atomic E-state index is 12.1. The lowest BCUT2D eigenvalue weighted by Gasteiger charge is -2.09. The first kappa shape index (κ1) is 16.8. The van der Waals surface area contributed by atoms with Crippen LogP contribution in [0.4, 0.5) is 19.0 Å². The normalized spacial score (nSPS) is 11.4. The Morgan fingerprint density at radius 3 is 2.52 bits per heavy atom. The highest BCUT2D eigenvalue weighted by molar-refractivity contribution is 5.53. The average molecular weight is 349 g/mol. The van der Waals surface area contributed by atoms with Gasteiger partial charge in [-0.25, -0.2) is 9.97 Å². The lowest BCUT2D eigenvalue weighted by atomic mass is 10.1. The third kappa shape index (κ3) is 4.72. The topological polar surface area (TPSA) is 60.2 Å². The van der Waals surface area contributed by atoms with Crippen LogP contribution in [0.15, 0.2) is 53.3 Å². The summed E-state index contributed by atoms with van der Waals surface area (Å²) in [4.78, 5) is 8.22. The minimum absolute atomic E-state index is 0.321. The number of rotatable bonds is 5. The van der Waals surface area contributed by atoms with E-state index in [1.54, 1.807) is 0 Å². The molecular weight excluding hydrogens is 335 g/mol. The Kier molecular flexibility index (Phi) is 4.60. The van der Waals surface area contributed by atoms with Crippen LogP contribution < -0.4 is 10.1 Å². The summed E-state index contributed by atoms with van der Waals surface area (Å²) >= 11 is 0. The molecule has 3 rings (SSSR count). The zero-order chi connectivity index (χ0) is 17.9. The van der Waals surface area contributed by atoms with Crippen LogP contribution in [0.25, 0.3) is 11.5 Å². The van der Waals surface area contributed by atoms with Crippen LogP contribution >= 0.6 is 0 Å². The number of pyridine rings is 1. The van der Waals surface area contributed by atoms with Crippen molar-refractivity contribution < 1.29 is 22.3 Å². The number of nitrogens with zero attached hydrogens (tertiary/aromatic N) is 2. The number of hydrogen-bond acceptors (Lipinski definition) is 5. The van der Waals surface area contributed by atoms with Crippen molar-refractivity contribution in [3.05, 3.63) is 60.1 Å². The first-order valence-electron chi connectivity index (χ1n) is 7.36.